The summed E-state index contributed by atoms with van der Waals surface area (Å²) in [5.41, 5.74) is 0. The summed E-state index contributed by atoms with van der Waals surface area (Å²) in [7, 11) is 0. The Morgan fingerprint density at radius 3 is 2.03 bits per heavy atom. The van der Waals surface area contributed by atoms with Gasteiger partial charge in [0.05, 0.1) is 25.9 Å². The standard InChI is InChI=1S/C24H45NO12/c1-3-4-5-6-8-16(27)25(10-12-35-23-21(32)19(30)17(28)14(2)36-23)9-7-11-34-24-22(33)20(31)18(29)15(13-26)37-24/h14-15,17-24,26,28-33H,3-13H2,1-2H3/t14-,15+,17+,18+,19+,20-,21-,22-,23+,24-/m0/s1. The van der Waals surface area contributed by atoms with Gasteiger partial charge in [0.2, 0.25) is 5.91 Å². The Kier molecular flexibility index (Phi) is 14.1. The summed E-state index contributed by atoms with van der Waals surface area (Å²) in [4.78, 5) is 14.4. The van der Waals surface area contributed by atoms with Crippen LogP contribution < -0.4 is 0 Å². The first-order valence-corrected chi connectivity index (χ1v) is 13.1. The Hall–Kier alpha value is -0.970. The van der Waals surface area contributed by atoms with Gasteiger partial charge in [0.15, 0.2) is 12.6 Å². The zero-order chi connectivity index (χ0) is 27.5. The molecule has 10 atom stereocenters. The number of ether oxygens (including phenoxy) is 4. The predicted molar refractivity (Wildman–Crippen MR) is 128 cm³/mol. The molecule has 2 heterocycles. The predicted octanol–water partition coefficient (Wildman–Crippen LogP) is -2.16. The third-order valence-electron chi connectivity index (χ3n) is 6.75. The fourth-order valence-electron chi connectivity index (χ4n) is 4.31. The third-order valence-corrected chi connectivity index (χ3v) is 6.75. The first-order valence-electron chi connectivity index (χ1n) is 13.1. The molecule has 218 valence electrons. The summed E-state index contributed by atoms with van der Waals surface area (Å²) in [6.45, 7) is 3.64. The molecule has 7 N–H and O–H groups in total. The van der Waals surface area contributed by atoms with Crippen LogP contribution in [0.15, 0.2) is 0 Å². The molecule has 2 aliphatic rings. The molecule has 0 aromatic rings. The highest BCUT2D eigenvalue weighted by Gasteiger charge is 2.44. The molecule has 37 heavy (non-hydrogen) atoms. The molecule has 0 aliphatic carbocycles. The van der Waals surface area contributed by atoms with Crippen molar-refractivity contribution < 1.29 is 59.5 Å². The summed E-state index contributed by atoms with van der Waals surface area (Å²) in [5.74, 6) is -0.0820. The average molecular weight is 540 g/mol. The van der Waals surface area contributed by atoms with Gasteiger partial charge < -0.3 is 59.6 Å². The first kappa shape index (κ1) is 32.2. The maximum absolute atomic E-state index is 12.8. The molecular formula is C24H45NO12. The maximum atomic E-state index is 12.8. The molecule has 2 aliphatic heterocycles. The number of nitrogens with zero attached hydrogens (tertiary/aromatic N) is 1. The quantitative estimate of drug-likeness (QED) is 0.111. The van der Waals surface area contributed by atoms with Crippen LogP contribution >= 0.6 is 0 Å². The third kappa shape index (κ3) is 9.32. The first-order chi connectivity index (χ1) is 17.6. The van der Waals surface area contributed by atoms with Crippen LogP contribution in [0.2, 0.25) is 0 Å². The minimum atomic E-state index is -1.53. The fraction of sp³-hybridized carbons (Fsp3) is 0.958. The van der Waals surface area contributed by atoms with Gasteiger partial charge >= 0.3 is 0 Å². The summed E-state index contributed by atoms with van der Waals surface area (Å²) in [5, 5.41) is 69.0. The van der Waals surface area contributed by atoms with Crippen molar-refractivity contribution >= 4 is 5.91 Å². The van der Waals surface area contributed by atoms with Gasteiger partial charge in [-0.05, 0) is 19.8 Å². The van der Waals surface area contributed by atoms with Crippen LogP contribution in [0.5, 0.6) is 0 Å². The van der Waals surface area contributed by atoms with Crippen molar-refractivity contribution in [3.63, 3.8) is 0 Å². The fourth-order valence-corrected chi connectivity index (χ4v) is 4.31. The summed E-state index contributed by atoms with van der Waals surface area (Å²) in [6.07, 6.45) is -8.30. The van der Waals surface area contributed by atoms with Gasteiger partial charge in [-0.2, -0.15) is 0 Å². The molecular weight excluding hydrogens is 494 g/mol. The van der Waals surface area contributed by atoms with Gasteiger partial charge in [-0.25, -0.2) is 0 Å². The van der Waals surface area contributed by atoms with Gasteiger partial charge in [0.25, 0.3) is 0 Å². The molecule has 0 saturated carbocycles. The van der Waals surface area contributed by atoms with E-state index in [2.05, 4.69) is 6.92 Å². The molecule has 2 fully saturated rings. The van der Waals surface area contributed by atoms with E-state index in [1.807, 2.05) is 0 Å². The van der Waals surface area contributed by atoms with E-state index in [0.29, 0.717) is 19.4 Å². The number of rotatable bonds is 15. The highest BCUT2D eigenvalue weighted by atomic mass is 16.7. The number of hydrogen-bond acceptors (Lipinski definition) is 12. The van der Waals surface area contributed by atoms with Crippen molar-refractivity contribution in [2.24, 2.45) is 0 Å². The molecule has 2 rings (SSSR count). The zero-order valence-corrected chi connectivity index (χ0v) is 21.7. The molecule has 0 radical (unpaired) electrons. The van der Waals surface area contributed by atoms with E-state index < -0.39 is 68.0 Å². The van der Waals surface area contributed by atoms with E-state index in [9.17, 15) is 40.5 Å². The Balaban J connectivity index is 1.85. The molecule has 0 aromatic heterocycles. The number of amides is 1. The van der Waals surface area contributed by atoms with Crippen molar-refractivity contribution in [2.75, 3.05) is 32.9 Å². The Morgan fingerprint density at radius 2 is 1.38 bits per heavy atom. The molecule has 0 bridgehead atoms. The zero-order valence-electron chi connectivity index (χ0n) is 21.7. The van der Waals surface area contributed by atoms with Crippen LogP contribution in [0, 0.1) is 0 Å². The topological polar surface area (TPSA) is 199 Å². The van der Waals surface area contributed by atoms with E-state index in [1.54, 1.807) is 11.8 Å². The maximum Gasteiger partial charge on any atom is 0.222 e. The highest BCUT2D eigenvalue weighted by Crippen LogP contribution is 2.23. The van der Waals surface area contributed by atoms with Gasteiger partial charge in [-0.1, -0.05) is 26.2 Å². The number of unbranched alkanes of at least 4 members (excludes halogenated alkanes) is 3. The lowest BCUT2D eigenvalue weighted by atomic mass is 9.99. The van der Waals surface area contributed by atoms with E-state index in [0.717, 1.165) is 25.7 Å². The summed E-state index contributed by atoms with van der Waals surface area (Å²) < 4.78 is 21.8. The van der Waals surface area contributed by atoms with Crippen LogP contribution in [-0.2, 0) is 23.7 Å². The number of aliphatic hydroxyl groups excluding tert-OH is 7. The number of carbonyl (C=O) groups excluding carboxylic acids is 1. The highest BCUT2D eigenvalue weighted by molar-refractivity contribution is 5.76. The normalized spacial score (nSPS) is 36.5. The van der Waals surface area contributed by atoms with E-state index in [1.165, 1.54) is 0 Å². The van der Waals surface area contributed by atoms with E-state index in [4.69, 9.17) is 18.9 Å². The second kappa shape index (κ2) is 16.2. The number of hydrogen-bond donors (Lipinski definition) is 7. The molecule has 0 aromatic carbocycles. The Labute approximate surface area is 217 Å². The van der Waals surface area contributed by atoms with Crippen LogP contribution in [-0.4, -0.2) is 141 Å². The lowest BCUT2D eigenvalue weighted by molar-refractivity contribution is -0.301. The van der Waals surface area contributed by atoms with Crippen LogP contribution in [0.25, 0.3) is 0 Å². The van der Waals surface area contributed by atoms with Crippen molar-refractivity contribution in [3.05, 3.63) is 0 Å². The average Bonchev–Trinajstić information content (AvgIpc) is 2.89. The van der Waals surface area contributed by atoms with Crippen LogP contribution in [0.1, 0.15) is 52.4 Å². The van der Waals surface area contributed by atoms with E-state index in [-0.39, 0.29) is 25.7 Å². The van der Waals surface area contributed by atoms with Gasteiger partial charge in [-0.3, -0.25) is 4.79 Å². The second-order valence-electron chi connectivity index (χ2n) is 9.67. The summed E-state index contributed by atoms with van der Waals surface area (Å²) >= 11 is 0. The minimum absolute atomic E-state index is 0.0194. The smallest absolute Gasteiger partial charge is 0.222 e. The number of carbonyl (C=O) groups is 1. The molecule has 13 nitrogen and oxygen atoms in total. The van der Waals surface area contributed by atoms with Gasteiger partial charge in [0, 0.05) is 19.5 Å². The lowest BCUT2D eigenvalue weighted by Gasteiger charge is -2.39. The molecule has 0 unspecified atom stereocenters. The van der Waals surface area contributed by atoms with Gasteiger partial charge in [-0.15, -0.1) is 0 Å². The summed E-state index contributed by atoms with van der Waals surface area (Å²) in [6, 6.07) is 0. The molecule has 0 spiro atoms. The molecule has 13 heteroatoms. The van der Waals surface area contributed by atoms with Crippen LogP contribution in [0.4, 0.5) is 0 Å². The Morgan fingerprint density at radius 1 is 0.757 bits per heavy atom. The largest absolute Gasteiger partial charge is 0.394 e. The van der Waals surface area contributed by atoms with Crippen molar-refractivity contribution in [3.8, 4) is 0 Å². The number of aliphatic hydroxyl groups is 7. The molecule has 2 saturated heterocycles. The lowest BCUT2D eigenvalue weighted by Crippen LogP contribution is -2.59. The Bertz CT molecular complexity index is 655. The van der Waals surface area contributed by atoms with Crippen LogP contribution in [0.3, 0.4) is 0 Å². The molecule has 1 amide bonds. The second-order valence-corrected chi connectivity index (χ2v) is 9.67. The minimum Gasteiger partial charge on any atom is -0.394 e. The van der Waals surface area contributed by atoms with E-state index >= 15 is 0 Å². The van der Waals surface area contributed by atoms with Crippen molar-refractivity contribution in [1.82, 2.24) is 4.90 Å². The monoisotopic (exact) mass is 539 g/mol. The SMILES string of the molecule is CCCCCCC(=O)N(CCCO[C@H]1O[C@H](CO)[C@@H](O)[C@H](O)[C@@H]1O)CCO[C@@H]1O[C@@H](C)[C@@H](O)[C@@H](O)[C@@H]1O. The van der Waals surface area contributed by atoms with Crippen molar-refractivity contribution in [1.29, 1.82) is 0 Å². The van der Waals surface area contributed by atoms with Crippen molar-refractivity contribution in [2.45, 2.75) is 114 Å². The van der Waals surface area contributed by atoms with Gasteiger partial charge in [0.1, 0.15) is 42.7 Å².